The van der Waals surface area contributed by atoms with E-state index in [-0.39, 0.29) is 18.2 Å². The van der Waals surface area contributed by atoms with Gasteiger partial charge in [-0.3, -0.25) is 9.78 Å². The molecular formula is C20H19N3O3. The highest BCUT2D eigenvalue weighted by atomic mass is 16.5. The van der Waals surface area contributed by atoms with Crippen molar-refractivity contribution in [1.82, 2.24) is 15.3 Å². The van der Waals surface area contributed by atoms with Gasteiger partial charge in [0.15, 0.2) is 0 Å². The minimum absolute atomic E-state index is 0.0925. The second kappa shape index (κ2) is 7.65. The lowest BCUT2D eigenvalue weighted by Crippen LogP contribution is -2.24. The summed E-state index contributed by atoms with van der Waals surface area (Å²) in [5, 5.41) is 12.6. The van der Waals surface area contributed by atoms with Crippen LogP contribution < -0.4 is 10.1 Å². The largest absolute Gasteiger partial charge is 0.508 e. The number of phenolic OH excluding ortho intramolecular Hbond substituents is 1. The molecule has 0 fully saturated rings. The highest BCUT2D eigenvalue weighted by molar-refractivity contribution is 5.96. The Morgan fingerprint density at radius 3 is 2.73 bits per heavy atom. The number of benzene rings is 1. The maximum absolute atomic E-state index is 12.4. The van der Waals surface area contributed by atoms with Crippen molar-refractivity contribution < 1.29 is 14.6 Å². The molecule has 0 aliphatic carbocycles. The van der Waals surface area contributed by atoms with E-state index < -0.39 is 0 Å². The van der Waals surface area contributed by atoms with E-state index in [0.717, 1.165) is 11.3 Å². The fourth-order valence-electron chi connectivity index (χ4n) is 2.42. The number of amides is 1. The molecule has 3 rings (SSSR count). The van der Waals surface area contributed by atoms with Gasteiger partial charge in [-0.2, -0.15) is 0 Å². The number of nitrogens with zero attached hydrogens (tertiary/aromatic N) is 2. The summed E-state index contributed by atoms with van der Waals surface area (Å²) >= 11 is 0. The van der Waals surface area contributed by atoms with Gasteiger partial charge >= 0.3 is 0 Å². The summed E-state index contributed by atoms with van der Waals surface area (Å²) in [4.78, 5) is 20.8. The Hall–Kier alpha value is -3.41. The molecule has 1 aromatic carbocycles. The Kier molecular flexibility index (Phi) is 5.12. The zero-order valence-corrected chi connectivity index (χ0v) is 14.6. The second-order valence-electron chi connectivity index (χ2n) is 5.84. The molecule has 0 aliphatic rings. The van der Waals surface area contributed by atoms with Gasteiger partial charge in [-0.1, -0.05) is 12.1 Å². The van der Waals surface area contributed by atoms with Crippen molar-refractivity contribution in [3.05, 3.63) is 77.2 Å². The second-order valence-corrected chi connectivity index (χ2v) is 5.84. The van der Waals surface area contributed by atoms with E-state index in [2.05, 4.69) is 15.3 Å². The highest BCUT2D eigenvalue weighted by Crippen LogP contribution is 2.23. The molecule has 132 valence electrons. The number of pyridine rings is 2. The van der Waals surface area contributed by atoms with Crippen LogP contribution in [-0.4, -0.2) is 21.0 Å². The number of aromatic hydroxyl groups is 1. The number of aryl methyl sites for hydroxylation is 1. The van der Waals surface area contributed by atoms with Gasteiger partial charge in [0.2, 0.25) is 5.88 Å². The molecule has 0 saturated heterocycles. The van der Waals surface area contributed by atoms with Crippen LogP contribution in [0, 0.1) is 13.8 Å². The van der Waals surface area contributed by atoms with Crippen molar-refractivity contribution in [2.24, 2.45) is 0 Å². The average molecular weight is 349 g/mol. The lowest BCUT2D eigenvalue weighted by atomic mass is 10.1. The van der Waals surface area contributed by atoms with E-state index in [9.17, 15) is 9.90 Å². The molecule has 1 amide bonds. The number of nitrogens with one attached hydrogen (secondary N) is 1. The number of hydrogen-bond donors (Lipinski definition) is 2. The standard InChI is InChI=1S/C20H19N3O3/c1-13-8-9-16(12-22-13)26-20-15(5-4-10-21-20)11-23-19(25)17-6-3-7-18(24)14(17)2/h3-10,12,24H,11H2,1-2H3,(H,23,25). The van der Waals surface area contributed by atoms with Gasteiger partial charge in [-0.05, 0) is 44.2 Å². The number of hydrogen-bond acceptors (Lipinski definition) is 5. The molecule has 0 radical (unpaired) electrons. The van der Waals surface area contributed by atoms with Crippen molar-refractivity contribution >= 4 is 5.91 Å². The summed E-state index contributed by atoms with van der Waals surface area (Å²) in [5.41, 5.74) is 2.60. The normalized spacial score (nSPS) is 10.4. The Balaban J connectivity index is 1.73. The number of rotatable bonds is 5. The topological polar surface area (TPSA) is 84.3 Å². The summed E-state index contributed by atoms with van der Waals surface area (Å²) in [6.45, 7) is 3.85. The minimum Gasteiger partial charge on any atom is -0.508 e. The van der Waals surface area contributed by atoms with Crippen LogP contribution in [-0.2, 0) is 6.54 Å². The van der Waals surface area contributed by atoms with E-state index in [1.165, 1.54) is 0 Å². The third-order valence-corrected chi connectivity index (χ3v) is 3.94. The molecule has 2 aromatic heterocycles. The molecule has 6 heteroatoms. The van der Waals surface area contributed by atoms with Crippen LogP contribution in [0.15, 0.2) is 54.9 Å². The van der Waals surface area contributed by atoms with Gasteiger partial charge in [0.1, 0.15) is 11.5 Å². The number of carbonyl (C=O) groups excluding carboxylic acids is 1. The zero-order valence-electron chi connectivity index (χ0n) is 14.6. The van der Waals surface area contributed by atoms with Crippen LogP contribution in [0.5, 0.6) is 17.4 Å². The number of phenols is 1. The van der Waals surface area contributed by atoms with E-state index in [0.29, 0.717) is 22.8 Å². The maximum atomic E-state index is 12.4. The van der Waals surface area contributed by atoms with Crippen LogP contribution in [0.3, 0.4) is 0 Å². The van der Waals surface area contributed by atoms with Gasteiger partial charge < -0.3 is 15.2 Å². The van der Waals surface area contributed by atoms with Gasteiger partial charge in [-0.15, -0.1) is 0 Å². The Bertz CT molecular complexity index is 924. The highest BCUT2D eigenvalue weighted by Gasteiger charge is 2.13. The van der Waals surface area contributed by atoms with Crippen LogP contribution in [0.1, 0.15) is 27.2 Å². The molecule has 2 N–H and O–H groups in total. The van der Waals surface area contributed by atoms with Gasteiger partial charge in [0, 0.05) is 35.1 Å². The predicted molar refractivity (Wildman–Crippen MR) is 97.3 cm³/mol. The van der Waals surface area contributed by atoms with Gasteiger partial charge in [0.05, 0.1) is 6.20 Å². The van der Waals surface area contributed by atoms with Crippen molar-refractivity contribution in [3.8, 4) is 17.4 Å². The van der Waals surface area contributed by atoms with Crippen molar-refractivity contribution in [3.63, 3.8) is 0 Å². The van der Waals surface area contributed by atoms with Crippen molar-refractivity contribution in [2.75, 3.05) is 0 Å². The maximum Gasteiger partial charge on any atom is 0.251 e. The molecule has 3 aromatic rings. The zero-order chi connectivity index (χ0) is 18.5. The average Bonchev–Trinajstić information content (AvgIpc) is 2.65. The molecule has 0 aliphatic heterocycles. The summed E-state index contributed by atoms with van der Waals surface area (Å²) in [7, 11) is 0. The molecule has 0 saturated carbocycles. The minimum atomic E-state index is -0.273. The molecule has 26 heavy (non-hydrogen) atoms. The van der Waals surface area contributed by atoms with Gasteiger partial charge in [-0.25, -0.2) is 4.98 Å². The first-order chi connectivity index (χ1) is 12.5. The number of aromatic nitrogens is 2. The SMILES string of the molecule is Cc1ccc(Oc2ncccc2CNC(=O)c2cccc(O)c2C)cn1. The quantitative estimate of drug-likeness (QED) is 0.736. The Morgan fingerprint density at radius 1 is 1.12 bits per heavy atom. The Labute approximate surface area is 151 Å². The fourth-order valence-corrected chi connectivity index (χ4v) is 2.42. The summed E-state index contributed by atoms with van der Waals surface area (Å²) in [6.07, 6.45) is 3.25. The van der Waals surface area contributed by atoms with Crippen LogP contribution >= 0.6 is 0 Å². The van der Waals surface area contributed by atoms with Crippen LogP contribution in [0.4, 0.5) is 0 Å². The van der Waals surface area contributed by atoms with Crippen LogP contribution in [0.25, 0.3) is 0 Å². The first kappa shape index (κ1) is 17.4. The van der Waals surface area contributed by atoms with Gasteiger partial charge in [0.25, 0.3) is 5.91 Å². The molecule has 0 spiro atoms. The first-order valence-corrected chi connectivity index (χ1v) is 8.16. The number of ether oxygens (including phenoxy) is 1. The molecule has 0 atom stereocenters. The Morgan fingerprint density at radius 2 is 1.96 bits per heavy atom. The lowest BCUT2D eigenvalue weighted by Gasteiger charge is -2.12. The van der Waals surface area contributed by atoms with Crippen molar-refractivity contribution in [1.29, 1.82) is 0 Å². The summed E-state index contributed by atoms with van der Waals surface area (Å²) < 4.78 is 5.78. The molecule has 2 heterocycles. The lowest BCUT2D eigenvalue weighted by molar-refractivity contribution is 0.0949. The number of carbonyl (C=O) groups is 1. The fraction of sp³-hybridized carbons (Fsp3) is 0.150. The third kappa shape index (κ3) is 3.97. The molecular weight excluding hydrogens is 330 g/mol. The summed E-state index contributed by atoms with van der Waals surface area (Å²) in [5.74, 6) is 0.803. The molecule has 6 nitrogen and oxygen atoms in total. The van der Waals surface area contributed by atoms with Crippen LogP contribution in [0.2, 0.25) is 0 Å². The predicted octanol–water partition coefficient (Wildman–Crippen LogP) is 3.52. The third-order valence-electron chi connectivity index (χ3n) is 3.94. The van der Waals surface area contributed by atoms with E-state index in [4.69, 9.17) is 4.74 Å². The molecule has 0 unspecified atom stereocenters. The van der Waals surface area contributed by atoms with Crippen molar-refractivity contribution in [2.45, 2.75) is 20.4 Å². The van der Waals surface area contributed by atoms with E-state index in [1.807, 2.05) is 25.1 Å². The summed E-state index contributed by atoms with van der Waals surface area (Å²) in [6, 6.07) is 12.1. The van der Waals surface area contributed by atoms with E-state index >= 15 is 0 Å². The first-order valence-electron chi connectivity index (χ1n) is 8.16. The smallest absolute Gasteiger partial charge is 0.251 e. The molecule has 0 bridgehead atoms. The monoisotopic (exact) mass is 349 g/mol. The van der Waals surface area contributed by atoms with E-state index in [1.54, 1.807) is 43.6 Å².